The van der Waals surface area contributed by atoms with Crippen molar-refractivity contribution in [2.45, 2.75) is 63.2 Å². The lowest BCUT2D eigenvalue weighted by atomic mass is 9.48. The lowest BCUT2D eigenvalue weighted by molar-refractivity contribution is -0.00518. The molecule has 0 heterocycles. The van der Waals surface area contributed by atoms with Gasteiger partial charge in [0.25, 0.3) is 0 Å². The monoisotopic (exact) mass is 879 g/mol. The molecular formula is C65H57NSi. The van der Waals surface area contributed by atoms with E-state index in [2.05, 4.69) is 237 Å². The number of hydrogen-bond acceptors (Lipinski definition) is 1. The quantitative estimate of drug-likeness (QED) is 0.103. The first-order valence-corrected chi connectivity index (χ1v) is 26.8. The van der Waals surface area contributed by atoms with Crippen molar-refractivity contribution in [1.82, 2.24) is 0 Å². The minimum atomic E-state index is -2.69. The molecule has 0 atom stereocenters. The maximum absolute atomic E-state index is 2.69. The maximum atomic E-state index is 2.53. The lowest BCUT2D eigenvalue weighted by Gasteiger charge is -2.57. The van der Waals surface area contributed by atoms with E-state index in [9.17, 15) is 0 Å². The highest BCUT2D eigenvalue weighted by molar-refractivity contribution is 7.19. The van der Waals surface area contributed by atoms with Crippen LogP contribution in [0.2, 0.25) is 0 Å². The summed E-state index contributed by atoms with van der Waals surface area (Å²) in [5.74, 6) is 2.75. The van der Waals surface area contributed by atoms with Crippen LogP contribution in [0, 0.1) is 17.8 Å². The van der Waals surface area contributed by atoms with Gasteiger partial charge in [0.05, 0.1) is 0 Å². The van der Waals surface area contributed by atoms with Crippen molar-refractivity contribution >= 4 is 56.7 Å². The van der Waals surface area contributed by atoms with Crippen LogP contribution in [0.3, 0.4) is 0 Å². The Hall–Kier alpha value is -6.74. The smallest absolute Gasteiger partial charge is 0.179 e. The molecule has 14 rings (SSSR count). The summed E-state index contributed by atoms with van der Waals surface area (Å²) in [6, 6.07) is 83.4. The highest BCUT2D eigenvalue weighted by Crippen LogP contribution is 2.61. The number of anilines is 3. The number of benzene rings is 9. The fourth-order valence-electron chi connectivity index (χ4n) is 14.3. The molecule has 5 aliphatic rings. The number of hydrogen-bond donors (Lipinski definition) is 0. The van der Waals surface area contributed by atoms with Crippen LogP contribution >= 0.6 is 0 Å². The molecule has 2 heteroatoms. The Labute approximate surface area is 397 Å². The molecule has 0 aliphatic heterocycles. The van der Waals surface area contributed by atoms with Crippen LogP contribution in [0.15, 0.2) is 218 Å². The van der Waals surface area contributed by atoms with Gasteiger partial charge in [-0.3, -0.25) is 0 Å². The van der Waals surface area contributed by atoms with E-state index < -0.39 is 8.07 Å². The summed E-state index contributed by atoms with van der Waals surface area (Å²) in [5, 5.41) is 8.12. The maximum Gasteiger partial charge on any atom is 0.179 e. The van der Waals surface area contributed by atoms with Crippen molar-refractivity contribution < 1.29 is 0 Å². The molecule has 0 saturated heterocycles. The van der Waals surface area contributed by atoms with Crippen molar-refractivity contribution in [2.24, 2.45) is 17.8 Å². The summed E-state index contributed by atoms with van der Waals surface area (Å²) < 4.78 is 0. The van der Waals surface area contributed by atoms with E-state index in [1.807, 2.05) is 0 Å². The van der Waals surface area contributed by atoms with Crippen LogP contribution in [0.1, 0.15) is 69.1 Å². The molecule has 5 aliphatic carbocycles. The summed E-state index contributed by atoms with van der Waals surface area (Å²) in [4.78, 5) is 2.53. The standard InChI is InChI=1S/C65H57NSi/c1-64(2)62-36-25-49(59-24-14-16-48-15-12-13-23-58(48)59)40-61(62)60-35-32-53(41-63(60)64)66(51-28-26-50(27-29-51)65-42-45-37-46(43-65)39-47(38-45)44-65)52-30-33-57(34-31-52)67(54-17-6-3-7-18-54,55-19-8-4-9-20-55)56-21-10-5-11-22-56/h3-36,40-41,45-47H,37-39,42-44H2,1-2H3. The Balaban J connectivity index is 0.947. The summed E-state index contributed by atoms with van der Waals surface area (Å²) in [6.45, 7) is 4.83. The molecule has 0 aromatic heterocycles. The second-order valence-electron chi connectivity index (χ2n) is 21.1. The van der Waals surface area contributed by atoms with Gasteiger partial charge in [-0.2, -0.15) is 0 Å². The minimum Gasteiger partial charge on any atom is -0.310 e. The van der Waals surface area contributed by atoms with Gasteiger partial charge in [-0.05, 0) is 175 Å². The number of nitrogens with zero attached hydrogens (tertiary/aromatic N) is 1. The Morgan fingerprint density at radius 1 is 0.403 bits per heavy atom. The van der Waals surface area contributed by atoms with Gasteiger partial charge in [0.15, 0.2) is 8.07 Å². The van der Waals surface area contributed by atoms with E-state index in [4.69, 9.17) is 0 Å². The minimum absolute atomic E-state index is 0.165. The fraction of sp³-hybridized carbons (Fsp3) is 0.200. The van der Waals surface area contributed by atoms with Gasteiger partial charge < -0.3 is 4.90 Å². The molecule has 0 unspecified atom stereocenters. The molecule has 4 fully saturated rings. The second-order valence-corrected chi connectivity index (χ2v) is 24.9. The Morgan fingerprint density at radius 2 is 0.910 bits per heavy atom. The van der Waals surface area contributed by atoms with Gasteiger partial charge in [0.2, 0.25) is 0 Å². The van der Waals surface area contributed by atoms with Crippen LogP contribution in [0.25, 0.3) is 33.0 Å². The average molecular weight is 880 g/mol. The third-order valence-electron chi connectivity index (χ3n) is 17.0. The third-order valence-corrected chi connectivity index (χ3v) is 21.8. The molecule has 0 radical (unpaired) electrons. The Bertz CT molecular complexity index is 3140. The Morgan fingerprint density at radius 3 is 1.51 bits per heavy atom. The van der Waals surface area contributed by atoms with Crippen LogP contribution in [0.5, 0.6) is 0 Å². The predicted octanol–water partition coefficient (Wildman–Crippen LogP) is 14.1. The molecule has 0 N–H and O–H groups in total. The first-order valence-electron chi connectivity index (χ1n) is 24.8. The molecule has 4 bridgehead atoms. The van der Waals surface area contributed by atoms with Crippen molar-refractivity contribution in [2.75, 3.05) is 4.90 Å². The van der Waals surface area contributed by atoms with E-state index in [1.54, 1.807) is 5.56 Å². The highest BCUT2D eigenvalue weighted by atomic mass is 28.3. The zero-order valence-electron chi connectivity index (χ0n) is 38.7. The van der Waals surface area contributed by atoms with Gasteiger partial charge >= 0.3 is 0 Å². The van der Waals surface area contributed by atoms with Gasteiger partial charge in [0.1, 0.15) is 0 Å². The van der Waals surface area contributed by atoms with Gasteiger partial charge in [0, 0.05) is 22.5 Å². The topological polar surface area (TPSA) is 3.24 Å². The molecule has 9 aromatic carbocycles. The zero-order chi connectivity index (χ0) is 44.7. The summed E-state index contributed by atoms with van der Waals surface area (Å²) >= 11 is 0. The van der Waals surface area contributed by atoms with Gasteiger partial charge in [-0.25, -0.2) is 0 Å². The van der Waals surface area contributed by atoms with E-state index in [0.29, 0.717) is 5.41 Å². The lowest BCUT2D eigenvalue weighted by Crippen LogP contribution is -2.74. The molecule has 4 saturated carbocycles. The normalized spacial score (nSPS) is 21.0. The van der Waals surface area contributed by atoms with Gasteiger partial charge in [-0.15, -0.1) is 0 Å². The average Bonchev–Trinajstić information content (AvgIpc) is 3.59. The van der Waals surface area contributed by atoms with E-state index in [0.717, 1.165) is 17.8 Å². The van der Waals surface area contributed by atoms with E-state index >= 15 is 0 Å². The highest BCUT2D eigenvalue weighted by Gasteiger charge is 2.51. The summed E-state index contributed by atoms with van der Waals surface area (Å²) in [5.41, 5.74) is 13.4. The Kier molecular flexibility index (Phi) is 9.48. The van der Waals surface area contributed by atoms with Crippen LogP contribution < -0.4 is 25.6 Å². The van der Waals surface area contributed by atoms with E-state index in [-0.39, 0.29) is 5.41 Å². The molecule has 67 heavy (non-hydrogen) atoms. The SMILES string of the molecule is CC1(C)c2ccc(-c3cccc4ccccc34)cc2-c2ccc(N(c3ccc(C45CC6CC(CC(C6)C4)C5)cc3)c3ccc([Si](c4ccccc4)(c4ccccc4)c4ccccc4)cc3)cc21. The van der Waals surface area contributed by atoms with Crippen LogP contribution in [-0.4, -0.2) is 8.07 Å². The summed E-state index contributed by atoms with van der Waals surface area (Å²) in [6.07, 6.45) is 8.53. The van der Waals surface area contributed by atoms with Crippen molar-refractivity contribution in [3.63, 3.8) is 0 Å². The van der Waals surface area contributed by atoms with Crippen LogP contribution in [0.4, 0.5) is 17.1 Å². The molecule has 9 aromatic rings. The van der Waals surface area contributed by atoms with Crippen molar-refractivity contribution in [3.05, 3.63) is 235 Å². The second kappa shape index (κ2) is 15.7. The van der Waals surface area contributed by atoms with Crippen molar-refractivity contribution in [1.29, 1.82) is 0 Å². The molecule has 1 nitrogen and oxygen atoms in total. The third kappa shape index (κ3) is 6.47. The largest absolute Gasteiger partial charge is 0.310 e. The molecular weight excluding hydrogens is 823 g/mol. The first kappa shape index (κ1) is 40.5. The molecule has 0 spiro atoms. The molecule has 0 amide bonds. The molecule has 326 valence electrons. The number of fused-ring (bicyclic) bond motifs is 4. The first-order chi connectivity index (χ1) is 32.9. The number of rotatable bonds is 9. The fourth-order valence-corrected chi connectivity index (χ4v) is 19.1. The van der Waals surface area contributed by atoms with Gasteiger partial charge in [-0.1, -0.05) is 190 Å². The zero-order valence-corrected chi connectivity index (χ0v) is 39.7. The van der Waals surface area contributed by atoms with Crippen LogP contribution in [-0.2, 0) is 10.8 Å². The van der Waals surface area contributed by atoms with E-state index in [1.165, 1.54) is 120 Å². The predicted molar refractivity (Wildman–Crippen MR) is 285 cm³/mol. The summed E-state index contributed by atoms with van der Waals surface area (Å²) in [7, 11) is -2.69. The van der Waals surface area contributed by atoms with Crippen molar-refractivity contribution in [3.8, 4) is 22.3 Å².